The Kier molecular flexibility index (Phi) is 2.84. The second-order valence-electron chi connectivity index (χ2n) is 5.92. The lowest BCUT2D eigenvalue weighted by atomic mass is 9.76. The van der Waals surface area contributed by atoms with E-state index in [0.29, 0.717) is 5.57 Å². The molecule has 0 heterocycles. The monoisotopic (exact) mass is 244 g/mol. The number of rotatable bonds is 2. The summed E-state index contributed by atoms with van der Waals surface area (Å²) < 4.78 is 5.76. The molecule has 0 aliphatic heterocycles. The molecule has 0 saturated carbocycles. The molecular weight excluding hydrogens is 224 g/mol. The standard InChI is InChI=1S/C16H20O2/c1-11(2)14(17)18-16(5)13-9-7-6-8-12(13)10-15(16,3)4/h6-9H,1,10H2,2-5H3. The first-order valence-electron chi connectivity index (χ1n) is 6.25. The third-order valence-electron chi connectivity index (χ3n) is 4.10. The molecule has 0 bridgehead atoms. The van der Waals surface area contributed by atoms with Crippen LogP contribution in [-0.4, -0.2) is 5.97 Å². The number of hydrogen-bond acceptors (Lipinski definition) is 2. The lowest BCUT2D eigenvalue weighted by Gasteiger charge is -2.38. The van der Waals surface area contributed by atoms with Crippen LogP contribution >= 0.6 is 0 Å². The minimum absolute atomic E-state index is 0.109. The number of hydrogen-bond donors (Lipinski definition) is 0. The van der Waals surface area contributed by atoms with Gasteiger partial charge in [0.25, 0.3) is 0 Å². The zero-order valence-corrected chi connectivity index (χ0v) is 11.5. The lowest BCUT2D eigenvalue weighted by molar-refractivity contribution is -0.166. The molecule has 1 aliphatic rings. The summed E-state index contributed by atoms with van der Waals surface area (Å²) in [5, 5.41) is 0. The highest BCUT2D eigenvalue weighted by molar-refractivity contribution is 5.87. The van der Waals surface area contributed by atoms with Gasteiger partial charge in [-0.05, 0) is 31.4 Å². The summed E-state index contributed by atoms with van der Waals surface area (Å²) in [5.74, 6) is -0.317. The maximum Gasteiger partial charge on any atom is 0.334 e. The van der Waals surface area contributed by atoms with Crippen molar-refractivity contribution in [1.82, 2.24) is 0 Å². The maximum atomic E-state index is 11.9. The molecule has 0 N–H and O–H groups in total. The van der Waals surface area contributed by atoms with Crippen LogP contribution in [0.15, 0.2) is 36.4 Å². The zero-order valence-electron chi connectivity index (χ0n) is 11.5. The minimum Gasteiger partial charge on any atom is -0.451 e. The fraction of sp³-hybridized carbons (Fsp3) is 0.438. The summed E-state index contributed by atoms with van der Waals surface area (Å²) in [7, 11) is 0. The summed E-state index contributed by atoms with van der Waals surface area (Å²) in [6.07, 6.45) is 0.920. The third kappa shape index (κ3) is 1.76. The molecule has 2 nitrogen and oxygen atoms in total. The van der Waals surface area contributed by atoms with E-state index in [1.165, 1.54) is 5.56 Å². The number of esters is 1. The highest BCUT2D eigenvalue weighted by atomic mass is 16.6. The van der Waals surface area contributed by atoms with E-state index >= 15 is 0 Å². The first kappa shape index (κ1) is 12.9. The van der Waals surface area contributed by atoms with E-state index in [1.807, 2.05) is 19.1 Å². The summed E-state index contributed by atoms with van der Waals surface area (Å²) in [4.78, 5) is 11.9. The van der Waals surface area contributed by atoms with Gasteiger partial charge in [-0.2, -0.15) is 0 Å². The number of fused-ring (bicyclic) bond motifs is 1. The van der Waals surface area contributed by atoms with Gasteiger partial charge >= 0.3 is 5.97 Å². The van der Waals surface area contributed by atoms with Crippen LogP contribution in [-0.2, 0) is 21.6 Å². The van der Waals surface area contributed by atoms with Gasteiger partial charge in [-0.3, -0.25) is 0 Å². The summed E-state index contributed by atoms with van der Waals surface area (Å²) in [5.41, 5.74) is 2.13. The average molecular weight is 244 g/mol. The Bertz CT molecular complexity index is 514. The average Bonchev–Trinajstić information content (AvgIpc) is 2.47. The largest absolute Gasteiger partial charge is 0.451 e. The molecule has 0 saturated heterocycles. The van der Waals surface area contributed by atoms with Crippen molar-refractivity contribution in [1.29, 1.82) is 0 Å². The van der Waals surface area contributed by atoms with Crippen LogP contribution in [0, 0.1) is 5.41 Å². The Morgan fingerprint density at radius 3 is 2.50 bits per heavy atom. The van der Waals surface area contributed by atoms with Crippen LogP contribution < -0.4 is 0 Å². The van der Waals surface area contributed by atoms with E-state index in [0.717, 1.165) is 12.0 Å². The molecular formula is C16H20O2. The van der Waals surface area contributed by atoms with E-state index in [2.05, 4.69) is 32.6 Å². The van der Waals surface area contributed by atoms with Crippen molar-refractivity contribution in [3.8, 4) is 0 Å². The van der Waals surface area contributed by atoms with Crippen LogP contribution in [0.1, 0.15) is 38.8 Å². The summed E-state index contributed by atoms with van der Waals surface area (Å²) in [6, 6.07) is 8.18. The van der Waals surface area contributed by atoms with E-state index in [-0.39, 0.29) is 11.4 Å². The molecule has 18 heavy (non-hydrogen) atoms. The number of ether oxygens (including phenoxy) is 1. The second kappa shape index (κ2) is 3.98. The molecule has 0 spiro atoms. The van der Waals surface area contributed by atoms with Crippen molar-refractivity contribution in [2.75, 3.05) is 0 Å². The highest BCUT2D eigenvalue weighted by Crippen LogP contribution is 2.52. The molecule has 1 aromatic rings. The predicted octanol–water partition coefficient (Wildman–Crippen LogP) is 3.60. The minimum atomic E-state index is -0.584. The van der Waals surface area contributed by atoms with Gasteiger partial charge in [0.2, 0.25) is 0 Å². The van der Waals surface area contributed by atoms with Crippen LogP contribution in [0.2, 0.25) is 0 Å². The molecule has 1 aliphatic carbocycles. The Hall–Kier alpha value is -1.57. The third-order valence-corrected chi connectivity index (χ3v) is 4.10. The molecule has 0 radical (unpaired) electrons. The van der Waals surface area contributed by atoms with E-state index in [1.54, 1.807) is 6.92 Å². The first-order valence-corrected chi connectivity index (χ1v) is 6.25. The topological polar surface area (TPSA) is 26.3 Å². The molecule has 1 atom stereocenters. The molecule has 2 heteroatoms. The first-order chi connectivity index (χ1) is 8.28. The second-order valence-corrected chi connectivity index (χ2v) is 5.92. The Morgan fingerprint density at radius 1 is 1.28 bits per heavy atom. The van der Waals surface area contributed by atoms with Gasteiger partial charge in [-0.1, -0.05) is 44.7 Å². The highest BCUT2D eigenvalue weighted by Gasteiger charge is 2.51. The fourth-order valence-corrected chi connectivity index (χ4v) is 2.61. The van der Waals surface area contributed by atoms with Crippen molar-refractivity contribution in [3.05, 3.63) is 47.5 Å². The van der Waals surface area contributed by atoms with Gasteiger partial charge in [-0.15, -0.1) is 0 Å². The summed E-state index contributed by atoms with van der Waals surface area (Å²) in [6.45, 7) is 11.6. The number of carbonyl (C=O) groups excluding carboxylic acids is 1. The summed E-state index contributed by atoms with van der Waals surface area (Å²) >= 11 is 0. The molecule has 0 aromatic heterocycles. The molecule has 0 amide bonds. The van der Waals surface area contributed by atoms with E-state index < -0.39 is 5.60 Å². The molecule has 2 rings (SSSR count). The van der Waals surface area contributed by atoms with E-state index in [9.17, 15) is 4.79 Å². The fourth-order valence-electron chi connectivity index (χ4n) is 2.61. The number of carbonyl (C=O) groups is 1. The van der Waals surface area contributed by atoms with E-state index in [4.69, 9.17) is 4.74 Å². The maximum absolute atomic E-state index is 11.9. The van der Waals surface area contributed by atoms with Gasteiger partial charge in [0, 0.05) is 11.0 Å². The van der Waals surface area contributed by atoms with Crippen molar-refractivity contribution in [2.45, 2.75) is 39.7 Å². The van der Waals surface area contributed by atoms with Crippen LogP contribution in [0.4, 0.5) is 0 Å². The zero-order chi connectivity index (χ0) is 13.6. The van der Waals surface area contributed by atoms with Crippen molar-refractivity contribution < 1.29 is 9.53 Å². The quantitative estimate of drug-likeness (QED) is 0.587. The van der Waals surface area contributed by atoms with Crippen molar-refractivity contribution >= 4 is 5.97 Å². The predicted molar refractivity (Wildman–Crippen MR) is 72.2 cm³/mol. The Labute approximate surface area is 109 Å². The Morgan fingerprint density at radius 2 is 1.89 bits per heavy atom. The van der Waals surface area contributed by atoms with Crippen LogP contribution in [0.5, 0.6) is 0 Å². The molecule has 96 valence electrons. The molecule has 1 aromatic carbocycles. The smallest absolute Gasteiger partial charge is 0.334 e. The lowest BCUT2D eigenvalue weighted by Crippen LogP contribution is -2.40. The van der Waals surface area contributed by atoms with Gasteiger partial charge in [0.15, 0.2) is 0 Å². The Balaban J connectivity index is 2.46. The van der Waals surface area contributed by atoms with Gasteiger partial charge in [-0.25, -0.2) is 4.79 Å². The molecule has 0 fully saturated rings. The van der Waals surface area contributed by atoms with Crippen molar-refractivity contribution in [2.24, 2.45) is 5.41 Å². The van der Waals surface area contributed by atoms with Gasteiger partial charge < -0.3 is 4.74 Å². The van der Waals surface area contributed by atoms with Gasteiger partial charge in [0.05, 0.1) is 0 Å². The normalized spacial score (nSPS) is 24.4. The van der Waals surface area contributed by atoms with Crippen LogP contribution in [0.3, 0.4) is 0 Å². The molecule has 1 unspecified atom stereocenters. The van der Waals surface area contributed by atoms with Crippen molar-refractivity contribution in [3.63, 3.8) is 0 Å². The van der Waals surface area contributed by atoms with Gasteiger partial charge in [0.1, 0.15) is 5.60 Å². The van der Waals surface area contributed by atoms with Crippen LogP contribution in [0.25, 0.3) is 0 Å². The number of benzene rings is 1. The SMILES string of the molecule is C=C(C)C(=O)OC1(C)c2ccccc2CC1(C)C.